The van der Waals surface area contributed by atoms with E-state index in [2.05, 4.69) is 0 Å². The number of aromatic hydroxyl groups is 2. The van der Waals surface area contributed by atoms with Gasteiger partial charge in [0.05, 0.1) is 5.50 Å². The summed E-state index contributed by atoms with van der Waals surface area (Å²) in [6.45, 7) is 0. The highest BCUT2D eigenvalue weighted by atomic mass is 16.4. The van der Waals surface area contributed by atoms with E-state index >= 15 is 0 Å². The summed E-state index contributed by atoms with van der Waals surface area (Å²) in [6.07, 6.45) is 0. The number of aliphatic carboxylic acids is 1. The van der Waals surface area contributed by atoms with Crippen molar-refractivity contribution in [1.82, 2.24) is 0 Å². The second-order valence-electron chi connectivity index (χ2n) is 3.67. The SMILES string of the molecule is BC(O)(c1ccc(O)c(O)c1)C(N)C(=O)O. The molecule has 6 N–H and O–H groups in total. The molecule has 0 aliphatic heterocycles. The first-order valence-corrected chi connectivity index (χ1v) is 4.50. The van der Waals surface area contributed by atoms with E-state index in [9.17, 15) is 15.0 Å². The monoisotopic (exact) mass is 225 g/mol. The standard InChI is InChI=1S/C9H12BNO5/c10-9(16,7(11)8(14)15)4-1-2-5(12)6(13)3-4/h1-3,7,12-13,16H,10-11H2,(H,14,15). The third kappa shape index (κ3) is 2.10. The molecule has 0 radical (unpaired) electrons. The number of hydrogen-bond donors (Lipinski definition) is 5. The van der Waals surface area contributed by atoms with Gasteiger partial charge < -0.3 is 26.2 Å². The van der Waals surface area contributed by atoms with E-state index in [0.29, 0.717) is 0 Å². The molecule has 0 saturated carbocycles. The van der Waals surface area contributed by atoms with Crippen molar-refractivity contribution < 1.29 is 25.2 Å². The number of carboxylic acids is 1. The first kappa shape index (κ1) is 12.3. The quantitative estimate of drug-likeness (QED) is 0.308. The molecule has 0 amide bonds. The summed E-state index contributed by atoms with van der Waals surface area (Å²) >= 11 is 0. The van der Waals surface area contributed by atoms with Crippen LogP contribution in [0.25, 0.3) is 0 Å². The number of nitrogens with two attached hydrogens (primary N) is 1. The molecule has 1 rings (SSSR count). The molecule has 0 aliphatic carbocycles. The van der Waals surface area contributed by atoms with Crippen LogP contribution < -0.4 is 5.73 Å². The van der Waals surface area contributed by atoms with Crippen molar-refractivity contribution in [2.45, 2.75) is 11.5 Å². The molecule has 0 bridgehead atoms. The van der Waals surface area contributed by atoms with Gasteiger partial charge in [0, 0.05) is 0 Å². The molecule has 16 heavy (non-hydrogen) atoms. The zero-order valence-electron chi connectivity index (χ0n) is 8.58. The Labute approximate surface area is 92.4 Å². The van der Waals surface area contributed by atoms with Crippen molar-refractivity contribution in [3.8, 4) is 11.5 Å². The lowest BCUT2D eigenvalue weighted by molar-refractivity contribution is -0.142. The first-order chi connectivity index (χ1) is 7.26. The Morgan fingerprint density at radius 3 is 2.38 bits per heavy atom. The lowest BCUT2D eigenvalue weighted by Gasteiger charge is -2.28. The minimum atomic E-state index is -1.84. The number of carbonyl (C=O) groups is 1. The maximum absolute atomic E-state index is 10.7. The molecular formula is C9H12BNO5. The van der Waals surface area contributed by atoms with Crippen molar-refractivity contribution in [1.29, 1.82) is 0 Å². The molecule has 0 spiro atoms. The van der Waals surface area contributed by atoms with Gasteiger partial charge in [-0.05, 0) is 17.7 Å². The molecule has 0 aliphatic rings. The fraction of sp³-hybridized carbons (Fsp3) is 0.222. The summed E-state index contributed by atoms with van der Waals surface area (Å²) in [5.41, 5.74) is 3.59. The highest BCUT2D eigenvalue weighted by molar-refractivity contribution is 6.17. The Hall–Kier alpha value is -1.73. The fourth-order valence-electron chi connectivity index (χ4n) is 1.26. The molecule has 2 atom stereocenters. The molecule has 1 aromatic carbocycles. The van der Waals surface area contributed by atoms with Crippen molar-refractivity contribution in [2.75, 3.05) is 0 Å². The third-order valence-corrected chi connectivity index (χ3v) is 2.43. The van der Waals surface area contributed by atoms with Crippen molar-refractivity contribution >= 4 is 13.8 Å². The van der Waals surface area contributed by atoms with Gasteiger partial charge in [0.15, 0.2) is 19.3 Å². The summed E-state index contributed by atoms with van der Waals surface area (Å²) in [4.78, 5) is 10.7. The highest BCUT2D eigenvalue weighted by Crippen LogP contribution is 2.30. The third-order valence-electron chi connectivity index (χ3n) is 2.43. The molecule has 0 saturated heterocycles. The summed E-state index contributed by atoms with van der Waals surface area (Å²) in [5.74, 6) is -2.17. The second kappa shape index (κ2) is 4.03. The Morgan fingerprint density at radius 2 is 1.94 bits per heavy atom. The van der Waals surface area contributed by atoms with E-state index in [4.69, 9.17) is 15.9 Å². The van der Waals surface area contributed by atoms with Crippen LogP contribution in [0, 0.1) is 0 Å². The molecule has 0 heterocycles. The van der Waals surface area contributed by atoms with Crippen LogP contribution in [0.5, 0.6) is 11.5 Å². The van der Waals surface area contributed by atoms with E-state index in [0.717, 1.165) is 12.1 Å². The maximum Gasteiger partial charge on any atom is 0.323 e. The Bertz CT molecular complexity index is 420. The number of carboxylic acid groups (broad SMARTS) is 1. The largest absolute Gasteiger partial charge is 0.504 e. The van der Waals surface area contributed by atoms with Crippen LogP contribution in [0.2, 0.25) is 0 Å². The van der Waals surface area contributed by atoms with Crippen LogP contribution in [0.3, 0.4) is 0 Å². The van der Waals surface area contributed by atoms with E-state index in [1.165, 1.54) is 13.9 Å². The Balaban J connectivity index is 3.16. The normalized spacial score (nSPS) is 16.4. The maximum atomic E-state index is 10.7. The van der Waals surface area contributed by atoms with Crippen LogP contribution in [0.1, 0.15) is 5.56 Å². The number of phenols is 2. The molecule has 0 aromatic heterocycles. The van der Waals surface area contributed by atoms with Gasteiger partial charge in [0.1, 0.15) is 6.04 Å². The van der Waals surface area contributed by atoms with E-state index in [1.807, 2.05) is 0 Å². The van der Waals surface area contributed by atoms with Crippen LogP contribution in [0.4, 0.5) is 0 Å². The number of rotatable bonds is 3. The first-order valence-electron chi connectivity index (χ1n) is 4.50. The van der Waals surface area contributed by atoms with Gasteiger partial charge in [-0.2, -0.15) is 0 Å². The van der Waals surface area contributed by atoms with Crippen molar-refractivity contribution in [3.05, 3.63) is 23.8 Å². The predicted octanol–water partition coefficient (Wildman–Crippen LogP) is -1.71. The minimum Gasteiger partial charge on any atom is -0.504 e. The smallest absolute Gasteiger partial charge is 0.323 e. The molecule has 2 unspecified atom stereocenters. The second-order valence-corrected chi connectivity index (χ2v) is 3.67. The lowest BCUT2D eigenvalue weighted by Crippen LogP contribution is -2.51. The van der Waals surface area contributed by atoms with Crippen molar-refractivity contribution in [3.63, 3.8) is 0 Å². The van der Waals surface area contributed by atoms with Crippen LogP contribution in [-0.2, 0) is 10.3 Å². The van der Waals surface area contributed by atoms with Gasteiger partial charge in [-0.15, -0.1) is 0 Å². The van der Waals surface area contributed by atoms with E-state index in [-0.39, 0.29) is 11.3 Å². The molecular weight excluding hydrogens is 213 g/mol. The molecule has 6 nitrogen and oxygen atoms in total. The predicted molar refractivity (Wildman–Crippen MR) is 57.8 cm³/mol. The Morgan fingerprint density at radius 1 is 1.38 bits per heavy atom. The summed E-state index contributed by atoms with van der Waals surface area (Å²) < 4.78 is 0. The van der Waals surface area contributed by atoms with E-state index in [1.54, 1.807) is 0 Å². The van der Waals surface area contributed by atoms with Crippen LogP contribution in [-0.4, -0.2) is 40.3 Å². The average molecular weight is 225 g/mol. The van der Waals surface area contributed by atoms with Crippen LogP contribution in [0.15, 0.2) is 18.2 Å². The average Bonchev–Trinajstić information content (AvgIpc) is 2.20. The fourth-order valence-corrected chi connectivity index (χ4v) is 1.26. The minimum absolute atomic E-state index is 0.109. The molecule has 7 heteroatoms. The van der Waals surface area contributed by atoms with Crippen LogP contribution >= 0.6 is 0 Å². The topological polar surface area (TPSA) is 124 Å². The number of aliphatic hydroxyl groups is 1. The van der Waals surface area contributed by atoms with Gasteiger partial charge >= 0.3 is 5.97 Å². The van der Waals surface area contributed by atoms with Gasteiger partial charge in [0.25, 0.3) is 0 Å². The molecule has 0 fully saturated rings. The van der Waals surface area contributed by atoms with Gasteiger partial charge in [-0.25, -0.2) is 0 Å². The van der Waals surface area contributed by atoms with Crippen molar-refractivity contribution in [2.24, 2.45) is 5.73 Å². The molecule has 1 aromatic rings. The number of hydrogen-bond acceptors (Lipinski definition) is 5. The summed E-state index contributed by atoms with van der Waals surface area (Å²) in [6, 6.07) is 1.97. The highest BCUT2D eigenvalue weighted by Gasteiger charge is 2.36. The summed E-state index contributed by atoms with van der Waals surface area (Å²) in [7, 11) is 1.22. The Kier molecular flexibility index (Phi) is 3.11. The van der Waals surface area contributed by atoms with Gasteiger partial charge in [0.2, 0.25) is 0 Å². The van der Waals surface area contributed by atoms with Gasteiger partial charge in [-0.1, -0.05) is 6.07 Å². The number of phenolic OH excluding ortho intramolecular Hbond substituents is 2. The number of benzene rings is 1. The van der Waals surface area contributed by atoms with E-state index < -0.39 is 23.3 Å². The lowest BCUT2D eigenvalue weighted by atomic mass is 9.70. The summed E-state index contributed by atoms with van der Waals surface area (Å²) in [5, 5.41) is 37.0. The van der Waals surface area contributed by atoms with Gasteiger partial charge in [-0.3, -0.25) is 4.79 Å². The molecule has 86 valence electrons. The zero-order valence-corrected chi connectivity index (χ0v) is 8.58. The zero-order chi connectivity index (χ0) is 12.5.